The summed E-state index contributed by atoms with van der Waals surface area (Å²) in [7, 11) is 0. The first-order valence-electron chi connectivity index (χ1n) is 4.33. The first-order chi connectivity index (χ1) is 7.83. The van der Waals surface area contributed by atoms with E-state index in [-0.39, 0.29) is 5.57 Å². The van der Waals surface area contributed by atoms with Crippen molar-refractivity contribution in [1.29, 1.82) is 10.5 Å². The van der Waals surface area contributed by atoms with Crippen LogP contribution in [0.5, 0.6) is 0 Å². The van der Waals surface area contributed by atoms with E-state index in [1.807, 2.05) is 34.3 Å². The summed E-state index contributed by atoms with van der Waals surface area (Å²) in [6, 6.07) is 5.61. The zero-order chi connectivity index (χ0) is 11.4. The van der Waals surface area contributed by atoms with Gasteiger partial charge in [-0.3, -0.25) is 0 Å². The number of nitriles is 2. The summed E-state index contributed by atoms with van der Waals surface area (Å²) in [6.07, 6.45) is 1.49. The molecule has 0 spiro atoms. The Kier molecular flexibility index (Phi) is 3.11. The Morgan fingerprint density at radius 1 is 1.31 bits per heavy atom. The van der Waals surface area contributed by atoms with Crippen LogP contribution in [0.15, 0.2) is 27.8 Å². The number of nitrogens with zero attached hydrogens (tertiary/aromatic N) is 3. The van der Waals surface area contributed by atoms with Gasteiger partial charge in [0.2, 0.25) is 0 Å². The van der Waals surface area contributed by atoms with Crippen LogP contribution in [0, 0.1) is 22.7 Å². The fourth-order valence-electron chi connectivity index (χ4n) is 1.11. The van der Waals surface area contributed by atoms with Crippen LogP contribution < -0.4 is 0 Å². The van der Waals surface area contributed by atoms with Crippen LogP contribution in [-0.4, -0.2) is 4.98 Å². The molecule has 0 fully saturated rings. The molecule has 0 aliphatic rings. The van der Waals surface area contributed by atoms with E-state index in [2.05, 4.69) is 4.98 Å². The van der Waals surface area contributed by atoms with Gasteiger partial charge in [0.15, 0.2) is 0 Å². The number of thiophene rings is 1. The molecule has 0 saturated carbocycles. The molecule has 5 heteroatoms. The summed E-state index contributed by atoms with van der Waals surface area (Å²) in [6.45, 7) is 0. The molecule has 76 valence electrons. The molecule has 0 aliphatic carbocycles. The maximum Gasteiger partial charge on any atom is 0.131 e. The Balaban J connectivity index is 2.32. The summed E-state index contributed by atoms with van der Waals surface area (Å²) < 4.78 is 0. The Bertz CT molecular complexity index is 578. The third kappa shape index (κ3) is 2.17. The number of hydrogen-bond donors (Lipinski definition) is 0. The van der Waals surface area contributed by atoms with E-state index < -0.39 is 0 Å². The van der Waals surface area contributed by atoms with Crippen molar-refractivity contribution in [3.8, 4) is 22.7 Å². The van der Waals surface area contributed by atoms with Gasteiger partial charge in [-0.15, -0.1) is 11.3 Å². The molecule has 0 amide bonds. The zero-order valence-electron chi connectivity index (χ0n) is 8.04. The Labute approximate surface area is 101 Å². The van der Waals surface area contributed by atoms with E-state index in [4.69, 9.17) is 10.5 Å². The second kappa shape index (κ2) is 4.71. The van der Waals surface area contributed by atoms with E-state index in [1.54, 1.807) is 11.3 Å². The maximum atomic E-state index is 8.61. The van der Waals surface area contributed by atoms with Gasteiger partial charge >= 0.3 is 0 Å². The second-order valence-corrected chi connectivity index (χ2v) is 4.51. The third-order valence-electron chi connectivity index (χ3n) is 1.82. The topological polar surface area (TPSA) is 60.5 Å². The van der Waals surface area contributed by atoms with Crippen LogP contribution in [0.2, 0.25) is 0 Å². The summed E-state index contributed by atoms with van der Waals surface area (Å²) in [5.41, 5.74) is 1.80. The summed E-state index contributed by atoms with van der Waals surface area (Å²) >= 11 is 3.12. The van der Waals surface area contributed by atoms with Gasteiger partial charge in [-0.2, -0.15) is 21.9 Å². The first-order valence-corrected chi connectivity index (χ1v) is 6.15. The van der Waals surface area contributed by atoms with E-state index in [1.165, 1.54) is 17.4 Å². The van der Waals surface area contributed by atoms with Gasteiger partial charge in [0, 0.05) is 16.3 Å². The van der Waals surface area contributed by atoms with Gasteiger partial charge in [0.05, 0.1) is 5.69 Å². The zero-order valence-corrected chi connectivity index (χ0v) is 9.68. The van der Waals surface area contributed by atoms with Crippen molar-refractivity contribution < 1.29 is 0 Å². The predicted molar refractivity (Wildman–Crippen MR) is 64.6 cm³/mol. The van der Waals surface area contributed by atoms with Crippen LogP contribution in [0.1, 0.15) is 5.69 Å². The van der Waals surface area contributed by atoms with Crippen molar-refractivity contribution in [3.63, 3.8) is 0 Å². The lowest BCUT2D eigenvalue weighted by Crippen LogP contribution is -1.76. The van der Waals surface area contributed by atoms with Crippen LogP contribution >= 0.6 is 22.7 Å². The van der Waals surface area contributed by atoms with Gasteiger partial charge < -0.3 is 0 Å². The molecule has 3 nitrogen and oxygen atoms in total. The van der Waals surface area contributed by atoms with Crippen LogP contribution in [0.3, 0.4) is 0 Å². The molecule has 2 rings (SSSR count). The number of thiazole rings is 1. The summed E-state index contributed by atoms with van der Waals surface area (Å²) in [5.74, 6) is 0. The fourth-order valence-corrected chi connectivity index (χ4v) is 2.60. The van der Waals surface area contributed by atoms with Gasteiger partial charge in [-0.25, -0.2) is 4.98 Å². The van der Waals surface area contributed by atoms with Crippen molar-refractivity contribution in [2.75, 3.05) is 0 Å². The molecule has 0 atom stereocenters. The minimum atomic E-state index is 0.0715. The molecular weight excluding hydrogens is 238 g/mol. The largest absolute Gasteiger partial charge is 0.237 e. The molecule has 0 aromatic carbocycles. The van der Waals surface area contributed by atoms with E-state index in [9.17, 15) is 0 Å². The third-order valence-corrected chi connectivity index (χ3v) is 3.42. The monoisotopic (exact) mass is 243 g/mol. The highest BCUT2D eigenvalue weighted by atomic mass is 32.1. The summed E-state index contributed by atoms with van der Waals surface area (Å²) in [4.78, 5) is 4.34. The highest BCUT2D eigenvalue weighted by Crippen LogP contribution is 2.26. The average molecular weight is 243 g/mol. The standard InChI is InChI=1S/C11H5N3S2/c12-4-8(5-13)3-10-7-16-11(14-10)9-1-2-15-6-9/h1-3,6-7H. The second-order valence-electron chi connectivity index (χ2n) is 2.87. The van der Waals surface area contributed by atoms with Gasteiger partial charge in [0.1, 0.15) is 22.7 Å². The number of hydrogen-bond acceptors (Lipinski definition) is 5. The van der Waals surface area contributed by atoms with Crippen molar-refractivity contribution in [1.82, 2.24) is 4.98 Å². The number of aromatic nitrogens is 1. The van der Waals surface area contributed by atoms with Crippen molar-refractivity contribution in [3.05, 3.63) is 33.5 Å². The summed E-state index contributed by atoms with van der Waals surface area (Å²) in [5, 5.41) is 24.0. The fraction of sp³-hybridized carbons (Fsp3) is 0. The minimum Gasteiger partial charge on any atom is -0.237 e. The molecule has 2 aromatic heterocycles. The average Bonchev–Trinajstić information content (AvgIpc) is 2.96. The van der Waals surface area contributed by atoms with E-state index in [0.717, 1.165) is 10.6 Å². The SMILES string of the molecule is N#CC(C#N)=Cc1csc(-c2ccsc2)n1. The first kappa shape index (κ1) is 10.6. The van der Waals surface area contributed by atoms with E-state index >= 15 is 0 Å². The Morgan fingerprint density at radius 2 is 2.12 bits per heavy atom. The van der Waals surface area contributed by atoms with Crippen LogP contribution in [0.4, 0.5) is 0 Å². The van der Waals surface area contributed by atoms with Gasteiger partial charge in [0.25, 0.3) is 0 Å². The normalized spacial score (nSPS) is 9.12. The highest BCUT2D eigenvalue weighted by molar-refractivity contribution is 7.14. The van der Waals surface area contributed by atoms with Crippen molar-refractivity contribution in [2.24, 2.45) is 0 Å². The molecule has 0 aliphatic heterocycles. The maximum absolute atomic E-state index is 8.61. The van der Waals surface area contributed by atoms with Crippen molar-refractivity contribution in [2.45, 2.75) is 0 Å². The lowest BCUT2D eigenvalue weighted by Gasteiger charge is -1.86. The molecule has 0 bridgehead atoms. The Morgan fingerprint density at radius 3 is 2.75 bits per heavy atom. The molecular formula is C11H5N3S2. The molecule has 16 heavy (non-hydrogen) atoms. The molecule has 0 radical (unpaired) electrons. The smallest absolute Gasteiger partial charge is 0.131 e. The minimum absolute atomic E-state index is 0.0715. The van der Waals surface area contributed by atoms with Crippen LogP contribution in [0.25, 0.3) is 16.6 Å². The van der Waals surface area contributed by atoms with Gasteiger partial charge in [-0.05, 0) is 17.5 Å². The van der Waals surface area contributed by atoms with Crippen LogP contribution in [-0.2, 0) is 0 Å². The predicted octanol–water partition coefficient (Wildman–Crippen LogP) is 3.30. The lowest BCUT2D eigenvalue weighted by atomic mass is 10.3. The molecule has 2 aromatic rings. The van der Waals surface area contributed by atoms with E-state index in [0.29, 0.717) is 5.69 Å². The molecule has 0 N–H and O–H groups in total. The van der Waals surface area contributed by atoms with Crippen molar-refractivity contribution >= 4 is 28.7 Å². The molecule has 2 heterocycles. The molecule has 0 saturated heterocycles. The number of rotatable bonds is 2. The quantitative estimate of drug-likeness (QED) is 0.760. The molecule has 0 unspecified atom stereocenters. The number of allylic oxidation sites excluding steroid dienone is 1. The Hall–Kier alpha value is -1.95. The van der Waals surface area contributed by atoms with Gasteiger partial charge in [-0.1, -0.05) is 0 Å². The highest BCUT2D eigenvalue weighted by Gasteiger charge is 2.04. The lowest BCUT2D eigenvalue weighted by molar-refractivity contribution is 1.37.